The molecule has 0 unspecified atom stereocenters. The van der Waals surface area contributed by atoms with E-state index in [2.05, 4.69) is 5.32 Å². The van der Waals surface area contributed by atoms with E-state index in [4.69, 9.17) is 9.84 Å². The normalized spacial score (nSPS) is 14.8. The minimum Gasteiger partial charge on any atom is -0.478 e. The van der Waals surface area contributed by atoms with E-state index in [0.717, 1.165) is 31.9 Å². The van der Waals surface area contributed by atoms with Crippen LogP contribution < -0.4 is 5.32 Å². The molecule has 0 bridgehead atoms. The van der Waals surface area contributed by atoms with Crippen LogP contribution in [-0.2, 0) is 4.74 Å². The minimum absolute atomic E-state index is 0.347. The van der Waals surface area contributed by atoms with E-state index in [-0.39, 0.29) is 0 Å². The maximum absolute atomic E-state index is 10.4. The lowest BCUT2D eigenvalue weighted by molar-refractivity contribution is 0.0697. The fourth-order valence-corrected chi connectivity index (χ4v) is 1.29. The van der Waals surface area contributed by atoms with E-state index < -0.39 is 5.97 Å². The Hall–Kier alpha value is -1.39. The third-order valence-electron chi connectivity index (χ3n) is 2.11. The lowest BCUT2D eigenvalue weighted by atomic mass is 10.1. The number of morpholine rings is 1. The fraction of sp³-hybridized carbons (Fsp3) is 0.417. The lowest BCUT2D eigenvalue weighted by Gasteiger charge is -2.10. The molecule has 0 aliphatic carbocycles. The molecule has 88 valence electrons. The summed E-state index contributed by atoms with van der Waals surface area (Å²) in [4.78, 5) is 10.4. The van der Waals surface area contributed by atoms with Crippen LogP contribution in [0.15, 0.2) is 24.3 Å². The van der Waals surface area contributed by atoms with E-state index in [1.54, 1.807) is 18.2 Å². The molecular weight excluding hydrogens is 206 g/mol. The predicted molar refractivity (Wildman–Crippen MR) is 61.8 cm³/mol. The highest BCUT2D eigenvalue weighted by molar-refractivity contribution is 5.87. The largest absolute Gasteiger partial charge is 0.478 e. The average Bonchev–Trinajstić information content (AvgIpc) is 2.32. The number of carboxylic acids is 1. The molecule has 1 saturated heterocycles. The summed E-state index contributed by atoms with van der Waals surface area (Å²) in [5.41, 5.74) is 1.32. The molecule has 2 N–H and O–H groups in total. The number of benzene rings is 1. The number of aromatic carboxylic acids is 1. The first kappa shape index (κ1) is 12.7. The van der Waals surface area contributed by atoms with Crippen LogP contribution in [0.4, 0.5) is 0 Å². The Kier molecular flexibility index (Phi) is 5.53. The van der Waals surface area contributed by atoms with Crippen LogP contribution in [0.1, 0.15) is 15.9 Å². The van der Waals surface area contributed by atoms with E-state index in [1.165, 1.54) is 0 Å². The van der Waals surface area contributed by atoms with Gasteiger partial charge in [0.2, 0.25) is 0 Å². The molecule has 1 fully saturated rings. The molecule has 16 heavy (non-hydrogen) atoms. The zero-order valence-electron chi connectivity index (χ0n) is 9.40. The highest BCUT2D eigenvalue weighted by Crippen LogP contribution is 2.02. The zero-order valence-corrected chi connectivity index (χ0v) is 9.40. The number of nitrogens with one attached hydrogen (secondary N) is 1. The van der Waals surface area contributed by atoms with Crippen molar-refractivity contribution in [3.05, 3.63) is 35.4 Å². The summed E-state index contributed by atoms with van der Waals surface area (Å²) in [5.74, 6) is -0.872. The molecule has 0 spiro atoms. The monoisotopic (exact) mass is 223 g/mol. The van der Waals surface area contributed by atoms with Crippen LogP contribution in [-0.4, -0.2) is 37.4 Å². The Balaban J connectivity index is 0.000000181. The van der Waals surface area contributed by atoms with Gasteiger partial charge in [0.15, 0.2) is 0 Å². The number of carbonyl (C=O) groups is 1. The SMILES string of the molecule is C1COCCN1.Cc1cccc(C(=O)O)c1. The van der Waals surface area contributed by atoms with Crippen molar-refractivity contribution in [3.8, 4) is 0 Å². The smallest absolute Gasteiger partial charge is 0.335 e. The molecule has 1 heterocycles. The van der Waals surface area contributed by atoms with Gasteiger partial charge in [-0.15, -0.1) is 0 Å². The van der Waals surface area contributed by atoms with Gasteiger partial charge >= 0.3 is 5.97 Å². The molecule has 1 aromatic carbocycles. The standard InChI is InChI=1S/C8H8O2.C4H9NO/c1-6-3-2-4-7(5-6)8(9)10;1-3-6-4-2-5-1/h2-5H,1H3,(H,9,10);5H,1-4H2. The maximum atomic E-state index is 10.4. The van der Waals surface area contributed by atoms with Gasteiger partial charge in [0.1, 0.15) is 0 Å². The van der Waals surface area contributed by atoms with Gasteiger partial charge in [-0.1, -0.05) is 17.7 Å². The van der Waals surface area contributed by atoms with E-state index >= 15 is 0 Å². The van der Waals surface area contributed by atoms with Crippen molar-refractivity contribution in [1.82, 2.24) is 5.32 Å². The van der Waals surface area contributed by atoms with Crippen molar-refractivity contribution < 1.29 is 14.6 Å². The highest BCUT2D eigenvalue weighted by atomic mass is 16.5. The van der Waals surface area contributed by atoms with Gasteiger partial charge < -0.3 is 15.2 Å². The van der Waals surface area contributed by atoms with E-state index in [9.17, 15) is 4.79 Å². The van der Waals surface area contributed by atoms with Crippen LogP contribution in [0.25, 0.3) is 0 Å². The first-order chi connectivity index (χ1) is 7.70. The first-order valence-corrected chi connectivity index (χ1v) is 5.28. The van der Waals surface area contributed by atoms with Crippen molar-refractivity contribution in [3.63, 3.8) is 0 Å². The molecule has 1 aliphatic rings. The Labute approximate surface area is 95.2 Å². The second-order valence-corrected chi connectivity index (χ2v) is 3.54. The van der Waals surface area contributed by atoms with Crippen LogP contribution in [0.5, 0.6) is 0 Å². The van der Waals surface area contributed by atoms with Crippen LogP contribution in [0.2, 0.25) is 0 Å². The number of carboxylic acid groups (broad SMARTS) is 1. The first-order valence-electron chi connectivity index (χ1n) is 5.28. The fourth-order valence-electron chi connectivity index (χ4n) is 1.29. The summed E-state index contributed by atoms with van der Waals surface area (Å²) in [6.07, 6.45) is 0. The maximum Gasteiger partial charge on any atom is 0.335 e. The summed E-state index contributed by atoms with van der Waals surface area (Å²) in [5, 5.41) is 11.7. The molecule has 0 amide bonds. The Morgan fingerprint density at radius 3 is 2.38 bits per heavy atom. The number of hydrogen-bond donors (Lipinski definition) is 2. The Bertz CT molecular complexity index is 323. The second kappa shape index (κ2) is 6.98. The van der Waals surface area contributed by atoms with Gasteiger partial charge in [-0.05, 0) is 19.1 Å². The minimum atomic E-state index is -0.872. The van der Waals surface area contributed by atoms with E-state index in [0.29, 0.717) is 5.56 Å². The molecular formula is C12H17NO3. The highest BCUT2D eigenvalue weighted by Gasteiger charge is 1.99. The molecule has 4 heteroatoms. The Morgan fingerprint density at radius 1 is 1.38 bits per heavy atom. The topological polar surface area (TPSA) is 58.6 Å². The number of hydrogen-bond acceptors (Lipinski definition) is 3. The molecule has 0 radical (unpaired) electrons. The quantitative estimate of drug-likeness (QED) is 0.753. The van der Waals surface area contributed by atoms with Gasteiger partial charge in [0.25, 0.3) is 0 Å². The number of rotatable bonds is 1. The van der Waals surface area contributed by atoms with Crippen LogP contribution >= 0.6 is 0 Å². The van der Waals surface area contributed by atoms with Gasteiger partial charge in [-0.2, -0.15) is 0 Å². The summed E-state index contributed by atoms with van der Waals surface area (Å²) in [6.45, 7) is 5.70. The molecule has 0 atom stereocenters. The summed E-state index contributed by atoms with van der Waals surface area (Å²) < 4.78 is 5.01. The lowest BCUT2D eigenvalue weighted by Crippen LogP contribution is -2.30. The van der Waals surface area contributed by atoms with Gasteiger partial charge in [0, 0.05) is 13.1 Å². The average molecular weight is 223 g/mol. The summed E-state index contributed by atoms with van der Waals surface area (Å²) in [6, 6.07) is 6.82. The molecule has 1 aliphatic heterocycles. The third-order valence-corrected chi connectivity index (χ3v) is 2.11. The third kappa shape index (κ3) is 4.91. The molecule has 2 rings (SSSR count). The van der Waals surface area contributed by atoms with E-state index in [1.807, 2.05) is 13.0 Å². The zero-order chi connectivity index (χ0) is 11.8. The Morgan fingerprint density at radius 2 is 2.06 bits per heavy atom. The van der Waals surface area contributed by atoms with Gasteiger partial charge in [0.05, 0.1) is 18.8 Å². The van der Waals surface area contributed by atoms with Gasteiger partial charge in [-0.25, -0.2) is 4.79 Å². The van der Waals surface area contributed by atoms with Crippen molar-refractivity contribution in [2.24, 2.45) is 0 Å². The summed E-state index contributed by atoms with van der Waals surface area (Å²) in [7, 11) is 0. The molecule has 0 saturated carbocycles. The van der Waals surface area contributed by atoms with Crippen LogP contribution in [0, 0.1) is 6.92 Å². The molecule has 0 aromatic heterocycles. The second-order valence-electron chi connectivity index (χ2n) is 3.54. The van der Waals surface area contributed by atoms with Crippen molar-refractivity contribution >= 4 is 5.97 Å². The predicted octanol–water partition coefficient (Wildman–Crippen LogP) is 1.30. The van der Waals surface area contributed by atoms with Crippen molar-refractivity contribution in [1.29, 1.82) is 0 Å². The molecule has 4 nitrogen and oxygen atoms in total. The van der Waals surface area contributed by atoms with Crippen LogP contribution in [0.3, 0.4) is 0 Å². The summed E-state index contributed by atoms with van der Waals surface area (Å²) >= 11 is 0. The van der Waals surface area contributed by atoms with Crippen molar-refractivity contribution in [2.75, 3.05) is 26.3 Å². The van der Waals surface area contributed by atoms with Gasteiger partial charge in [-0.3, -0.25) is 0 Å². The molecule has 1 aromatic rings. The number of aryl methyl sites for hydroxylation is 1. The van der Waals surface area contributed by atoms with Crippen molar-refractivity contribution in [2.45, 2.75) is 6.92 Å². The number of ether oxygens (including phenoxy) is 1.